The summed E-state index contributed by atoms with van der Waals surface area (Å²) < 4.78 is 10.9. The third-order valence-electron chi connectivity index (χ3n) is 2.73. The molecule has 0 aromatic heterocycles. The molecule has 1 heterocycles. The summed E-state index contributed by atoms with van der Waals surface area (Å²) in [5.41, 5.74) is 1.75. The largest absolute Gasteiger partial charge is 0.486 e. The fourth-order valence-corrected chi connectivity index (χ4v) is 2.06. The smallest absolute Gasteiger partial charge is 0.303 e. The minimum atomic E-state index is -0.824. The molecule has 0 aliphatic carbocycles. The zero-order chi connectivity index (χ0) is 12.4. The van der Waals surface area contributed by atoms with Crippen molar-refractivity contribution in [1.82, 2.24) is 0 Å². The molecule has 2 rings (SSSR count). The molecule has 0 atom stereocenters. The summed E-state index contributed by atoms with van der Waals surface area (Å²) in [5, 5.41) is 9.20. The van der Waals surface area contributed by atoms with Gasteiger partial charge in [-0.1, -0.05) is 11.6 Å². The predicted octanol–water partition coefficient (Wildman–Crippen LogP) is 2.44. The van der Waals surface area contributed by atoms with E-state index in [1.807, 2.05) is 13.0 Å². The van der Waals surface area contributed by atoms with Crippen LogP contribution in [0.4, 0.5) is 0 Å². The van der Waals surface area contributed by atoms with Crippen molar-refractivity contribution in [2.45, 2.75) is 19.8 Å². The zero-order valence-corrected chi connectivity index (χ0v) is 10.2. The average molecular weight is 257 g/mol. The van der Waals surface area contributed by atoms with Crippen LogP contribution in [0.1, 0.15) is 17.5 Å². The summed E-state index contributed by atoms with van der Waals surface area (Å²) in [7, 11) is 0. The second-order valence-electron chi connectivity index (χ2n) is 3.89. The maximum absolute atomic E-state index is 10.6. The fourth-order valence-electron chi connectivity index (χ4n) is 1.79. The van der Waals surface area contributed by atoms with E-state index in [2.05, 4.69) is 0 Å². The van der Waals surface area contributed by atoms with Crippen molar-refractivity contribution >= 4 is 17.6 Å². The van der Waals surface area contributed by atoms with E-state index in [-0.39, 0.29) is 6.42 Å². The first kappa shape index (κ1) is 12.0. The molecule has 0 spiro atoms. The van der Waals surface area contributed by atoms with Crippen LogP contribution in [0, 0.1) is 6.92 Å². The van der Waals surface area contributed by atoms with Gasteiger partial charge in [-0.3, -0.25) is 4.79 Å². The number of aryl methyl sites for hydroxylation is 1. The molecule has 0 amide bonds. The number of fused-ring (bicyclic) bond motifs is 1. The molecule has 17 heavy (non-hydrogen) atoms. The molecule has 0 radical (unpaired) electrons. The number of ether oxygens (including phenoxy) is 2. The minimum absolute atomic E-state index is 0.0802. The van der Waals surface area contributed by atoms with Gasteiger partial charge in [-0.15, -0.1) is 0 Å². The maximum atomic E-state index is 10.6. The molecule has 1 aromatic rings. The van der Waals surface area contributed by atoms with Gasteiger partial charge in [0.1, 0.15) is 13.2 Å². The van der Waals surface area contributed by atoms with Crippen LogP contribution in [0.15, 0.2) is 6.07 Å². The number of hydrogen-bond donors (Lipinski definition) is 1. The van der Waals surface area contributed by atoms with Crippen molar-refractivity contribution in [3.05, 3.63) is 22.2 Å². The van der Waals surface area contributed by atoms with Crippen molar-refractivity contribution < 1.29 is 19.4 Å². The lowest BCUT2D eigenvalue weighted by molar-refractivity contribution is -0.136. The molecule has 5 heteroatoms. The molecule has 0 fully saturated rings. The number of benzene rings is 1. The molecular formula is C12H13ClO4. The van der Waals surface area contributed by atoms with Gasteiger partial charge in [0.25, 0.3) is 0 Å². The average Bonchev–Trinajstić information content (AvgIpc) is 2.32. The number of carboxylic acid groups (broad SMARTS) is 1. The van der Waals surface area contributed by atoms with Crippen molar-refractivity contribution in [2.24, 2.45) is 0 Å². The van der Waals surface area contributed by atoms with Crippen molar-refractivity contribution in [2.75, 3.05) is 13.2 Å². The second kappa shape index (κ2) is 4.84. The third-order valence-corrected chi connectivity index (χ3v) is 3.19. The van der Waals surface area contributed by atoms with Crippen LogP contribution in [0.5, 0.6) is 11.5 Å². The van der Waals surface area contributed by atoms with Crippen LogP contribution in [-0.4, -0.2) is 24.3 Å². The van der Waals surface area contributed by atoms with Gasteiger partial charge in [0.05, 0.1) is 5.02 Å². The lowest BCUT2D eigenvalue weighted by Gasteiger charge is -2.22. The van der Waals surface area contributed by atoms with Crippen molar-refractivity contribution in [3.8, 4) is 11.5 Å². The van der Waals surface area contributed by atoms with Crippen LogP contribution >= 0.6 is 11.6 Å². The maximum Gasteiger partial charge on any atom is 0.303 e. The van der Waals surface area contributed by atoms with Gasteiger partial charge in [0, 0.05) is 6.42 Å². The van der Waals surface area contributed by atoms with E-state index in [0.717, 1.165) is 11.1 Å². The highest BCUT2D eigenvalue weighted by molar-refractivity contribution is 6.33. The number of rotatable bonds is 3. The Kier molecular flexibility index (Phi) is 3.43. The molecule has 1 N–H and O–H groups in total. The van der Waals surface area contributed by atoms with Gasteiger partial charge in [-0.2, -0.15) is 0 Å². The first-order valence-corrected chi connectivity index (χ1v) is 5.76. The van der Waals surface area contributed by atoms with Crippen LogP contribution in [-0.2, 0) is 11.2 Å². The quantitative estimate of drug-likeness (QED) is 0.903. The standard InChI is InChI=1S/C12H13ClO4/c1-7-8(2-3-10(14)15)6-9-12(11(7)13)17-5-4-16-9/h6H,2-5H2,1H3,(H,14,15). The summed E-state index contributed by atoms with van der Waals surface area (Å²) in [5.74, 6) is 0.345. The summed E-state index contributed by atoms with van der Waals surface area (Å²) in [4.78, 5) is 10.6. The molecule has 0 bridgehead atoms. The first-order valence-electron chi connectivity index (χ1n) is 5.39. The van der Waals surface area contributed by atoms with E-state index in [0.29, 0.717) is 36.2 Å². The molecule has 1 aromatic carbocycles. The van der Waals surface area contributed by atoms with Crippen molar-refractivity contribution in [3.63, 3.8) is 0 Å². The topological polar surface area (TPSA) is 55.8 Å². The summed E-state index contributed by atoms with van der Waals surface area (Å²) in [6.45, 7) is 2.84. The minimum Gasteiger partial charge on any atom is -0.486 e. The highest BCUT2D eigenvalue weighted by Gasteiger charge is 2.19. The second-order valence-corrected chi connectivity index (χ2v) is 4.27. The van der Waals surface area contributed by atoms with E-state index >= 15 is 0 Å². The van der Waals surface area contributed by atoms with Crippen LogP contribution in [0.2, 0.25) is 5.02 Å². The Hall–Kier alpha value is -1.42. The number of carboxylic acids is 1. The monoisotopic (exact) mass is 256 g/mol. The Morgan fingerprint density at radius 1 is 1.47 bits per heavy atom. The Morgan fingerprint density at radius 2 is 2.18 bits per heavy atom. The van der Waals surface area contributed by atoms with Gasteiger partial charge >= 0.3 is 5.97 Å². The van der Waals surface area contributed by atoms with Gasteiger partial charge in [0.2, 0.25) is 0 Å². The number of halogens is 1. The lowest BCUT2D eigenvalue weighted by Crippen LogP contribution is -2.16. The summed E-state index contributed by atoms with van der Waals surface area (Å²) >= 11 is 6.18. The highest BCUT2D eigenvalue weighted by atomic mass is 35.5. The third kappa shape index (κ3) is 2.47. The molecule has 1 aliphatic rings. The summed E-state index contributed by atoms with van der Waals surface area (Å²) in [6, 6.07) is 1.82. The van der Waals surface area contributed by atoms with Crippen molar-refractivity contribution in [1.29, 1.82) is 0 Å². The Morgan fingerprint density at radius 3 is 2.88 bits per heavy atom. The van der Waals surface area contributed by atoms with E-state index in [9.17, 15) is 4.79 Å². The van der Waals surface area contributed by atoms with Gasteiger partial charge in [-0.05, 0) is 30.5 Å². The van der Waals surface area contributed by atoms with Crippen LogP contribution in [0.3, 0.4) is 0 Å². The number of carbonyl (C=O) groups is 1. The first-order chi connectivity index (χ1) is 8.09. The van der Waals surface area contributed by atoms with Gasteiger partial charge in [0.15, 0.2) is 11.5 Å². The predicted molar refractivity (Wildman–Crippen MR) is 63.1 cm³/mol. The van der Waals surface area contributed by atoms with E-state index in [4.69, 9.17) is 26.2 Å². The molecule has 1 aliphatic heterocycles. The normalized spacial score (nSPS) is 13.5. The Balaban J connectivity index is 2.33. The van der Waals surface area contributed by atoms with Gasteiger partial charge in [-0.25, -0.2) is 0 Å². The van der Waals surface area contributed by atoms with E-state index in [1.54, 1.807) is 0 Å². The Labute approximate surface area is 104 Å². The van der Waals surface area contributed by atoms with E-state index in [1.165, 1.54) is 0 Å². The molecule has 0 saturated carbocycles. The zero-order valence-electron chi connectivity index (χ0n) is 9.46. The summed E-state index contributed by atoms with van der Waals surface area (Å²) in [6.07, 6.45) is 0.522. The molecular weight excluding hydrogens is 244 g/mol. The SMILES string of the molecule is Cc1c(CCC(=O)O)cc2c(c1Cl)OCCO2. The molecule has 0 saturated heterocycles. The van der Waals surface area contributed by atoms with E-state index < -0.39 is 5.97 Å². The highest BCUT2D eigenvalue weighted by Crippen LogP contribution is 2.41. The Bertz CT molecular complexity index is 456. The molecule has 4 nitrogen and oxygen atoms in total. The lowest BCUT2D eigenvalue weighted by atomic mass is 10.0. The van der Waals surface area contributed by atoms with Crippen LogP contribution < -0.4 is 9.47 Å². The fraction of sp³-hybridized carbons (Fsp3) is 0.417. The number of hydrogen-bond acceptors (Lipinski definition) is 3. The molecule has 92 valence electrons. The number of aliphatic carboxylic acids is 1. The van der Waals surface area contributed by atoms with Crippen LogP contribution in [0.25, 0.3) is 0 Å². The molecule has 0 unspecified atom stereocenters. The van der Waals surface area contributed by atoms with Gasteiger partial charge < -0.3 is 14.6 Å².